The molecule has 1 fully saturated rings. The lowest BCUT2D eigenvalue weighted by Crippen LogP contribution is -1.97. The second-order valence-electron chi connectivity index (χ2n) is 3.89. The lowest BCUT2D eigenvalue weighted by atomic mass is 10.2. The molecule has 1 saturated carbocycles. The van der Waals surface area contributed by atoms with Gasteiger partial charge in [-0.05, 0) is 31.4 Å². The molecule has 0 aliphatic heterocycles. The van der Waals surface area contributed by atoms with Gasteiger partial charge in [0.2, 0.25) is 0 Å². The molecule has 0 bridgehead atoms. The summed E-state index contributed by atoms with van der Waals surface area (Å²) in [4.78, 5) is 0. The van der Waals surface area contributed by atoms with Gasteiger partial charge in [0, 0.05) is 0 Å². The van der Waals surface area contributed by atoms with E-state index in [1.54, 1.807) is 0 Å². The summed E-state index contributed by atoms with van der Waals surface area (Å²) in [5.74, 6) is 1.97. The fraction of sp³-hybridized carbons (Fsp3) is 0.571. The second-order valence-corrected chi connectivity index (χ2v) is 3.89. The van der Waals surface area contributed by atoms with Gasteiger partial charge in [-0.15, -0.1) is 0 Å². The molecule has 0 spiro atoms. The zero-order chi connectivity index (χ0) is 11.1. The van der Waals surface area contributed by atoms with Crippen LogP contribution >= 0.6 is 0 Å². The molecule has 0 unspecified atom stereocenters. The Bertz CT molecular complexity index is 259. The van der Waals surface area contributed by atoms with Gasteiger partial charge in [0.25, 0.3) is 0 Å². The maximum Gasteiger partial charge on any atom is 0.119 e. The van der Waals surface area contributed by atoms with Gasteiger partial charge in [-0.3, -0.25) is 0 Å². The third-order valence-corrected chi connectivity index (χ3v) is 2.51. The largest absolute Gasteiger partial charge is 0.494 e. The molecule has 1 aromatic carbocycles. The quantitative estimate of drug-likeness (QED) is 0.717. The Labute approximate surface area is 93.5 Å². The molecular formula is C14H22O. The van der Waals surface area contributed by atoms with Crippen LogP contribution in [0.2, 0.25) is 0 Å². The van der Waals surface area contributed by atoms with E-state index in [0.717, 1.165) is 18.3 Å². The number of aryl methyl sites for hydroxylation is 1. The topological polar surface area (TPSA) is 9.23 Å². The average molecular weight is 206 g/mol. The van der Waals surface area contributed by atoms with E-state index in [0.29, 0.717) is 0 Å². The lowest BCUT2D eigenvalue weighted by Gasteiger charge is -2.05. The Morgan fingerprint density at radius 2 is 1.73 bits per heavy atom. The molecule has 1 heteroatoms. The van der Waals surface area contributed by atoms with Crippen LogP contribution in [-0.4, -0.2) is 6.61 Å². The highest BCUT2D eigenvalue weighted by Gasteiger charge is 2.20. The molecule has 84 valence electrons. The van der Waals surface area contributed by atoms with Gasteiger partial charge in [-0.25, -0.2) is 0 Å². The van der Waals surface area contributed by atoms with Gasteiger partial charge in [0.05, 0.1) is 6.61 Å². The van der Waals surface area contributed by atoms with Gasteiger partial charge < -0.3 is 4.74 Å². The van der Waals surface area contributed by atoms with Gasteiger partial charge in [-0.2, -0.15) is 0 Å². The molecule has 0 saturated heterocycles. The zero-order valence-electron chi connectivity index (χ0n) is 10.1. The van der Waals surface area contributed by atoms with Crippen LogP contribution in [0.1, 0.15) is 38.7 Å². The standard InChI is InChI=1S/C12H16O.C2H6/c1-10-2-6-12(7-3-10)13-9-8-11-4-5-11;1-2/h2-3,6-7,11H,4-5,8-9H2,1H3;1-2H3. The molecular weight excluding hydrogens is 184 g/mol. The number of ether oxygens (including phenoxy) is 1. The summed E-state index contributed by atoms with van der Waals surface area (Å²) in [7, 11) is 0. The van der Waals surface area contributed by atoms with Crippen molar-refractivity contribution in [1.29, 1.82) is 0 Å². The van der Waals surface area contributed by atoms with E-state index in [2.05, 4.69) is 19.1 Å². The number of hydrogen-bond acceptors (Lipinski definition) is 1. The number of hydrogen-bond donors (Lipinski definition) is 0. The van der Waals surface area contributed by atoms with Crippen molar-refractivity contribution in [2.24, 2.45) is 5.92 Å². The maximum atomic E-state index is 5.61. The summed E-state index contributed by atoms with van der Waals surface area (Å²) < 4.78 is 5.61. The molecule has 1 aromatic rings. The minimum Gasteiger partial charge on any atom is -0.494 e. The van der Waals surface area contributed by atoms with Crippen molar-refractivity contribution in [3.8, 4) is 5.75 Å². The highest BCUT2D eigenvalue weighted by atomic mass is 16.5. The highest BCUT2D eigenvalue weighted by molar-refractivity contribution is 5.26. The van der Waals surface area contributed by atoms with Crippen molar-refractivity contribution >= 4 is 0 Å². The van der Waals surface area contributed by atoms with Gasteiger partial charge in [0.1, 0.15) is 5.75 Å². The number of rotatable bonds is 4. The first-order valence-corrected chi connectivity index (χ1v) is 6.04. The Hall–Kier alpha value is -0.980. The van der Waals surface area contributed by atoms with Crippen LogP contribution in [0.25, 0.3) is 0 Å². The molecule has 0 radical (unpaired) electrons. The molecule has 1 aliphatic rings. The summed E-state index contributed by atoms with van der Waals surface area (Å²) in [6, 6.07) is 8.27. The van der Waals surface area contributed by atoms with Crippen LogP contribution in [-0.2, 0) is 0 Å². The molecule has 0 aromatic heterocycles. The van der Waals surface area contributed by atoms with E-state index in [9.17, 15) is 0 Å². The fourth-order valence-electron chi connectivity index (χ4n) is 1.38. The smallest absolute Gasteiger partial charge is 0.119 e. The average Bonchev–Trinajstić information content (AvgIpc) is 3.08. The summed E-state index contributed by atoms with van der Waals surface area (Å²) in [5.41, 5.74) is 1.29. The van der Waals surface area contributed by atoms with Crippen LogP contribution in [0, 0.1) is 12.8 Å². The Kier molecular flexibility index (Phi) is 5.23. The summed E-state index contributed by atoms with van der Waals surface area (Å²) >= 11 is 0. The molecule has 0 N–H and O–H groups in total. The first kappa shape index (κ1) is 12.1. The molecule has 0 amide bonds. The molecule has 2 rings (SSSR count). The minimum absolute atomic E-state index is 0.883. The predicted octanol–water partition coefficient (Wildman–Crippen LogP) is 4.20. The first-order chi connectivity index (χ1) is 7.34. The van der Waals surface area contributed by atoms with Gasteiger partial charge in [-0.1, -0.05) is 44.4 Å². The minimum atomic E-state index is 0.883. The fourth-order valence-corrected chi connectivity index (χ4v) is 1.38. The zero-order valence-corrected chi connectivity index (χ0v) is 10.1. The summed E-state index contributed by atoms with van der Waals surface area (Å²) in [6.45, 7) is 6.97. The van der Waals surface area contributed by atoms with E-state index in [4.69, 9.17) is 4.74 Å². The molecule has 1 aliphatic carbocycles. The van der Waals surface area contributed by atoms with Crippen molar-refractivity contribution in [3.05, 3.63) is 29.8 Å². The van der Waals surface area contributed by atoms with Crippen molar-refractivity contribution < 1.29 is 4.74 Å². The molecule has 0 atom stereocenters. The third kappa shape index (κ3) is 4.87. The molecule has 0 heterocycles. The normalized spacial score (nSPS) is 14.1. The lowest BCUT2D eigenvalue weighted by molar-refractivity contribution is 0.302. The Morgan fingerprint density at radius 3 is 2.27 bits per heavy atom. The maximum absolute atomic E-state index is 5.61. The SMILES string of the molecule is CC.Cc1ccc(OCCC2CC2)cc1. The monoisotopic (exact) mass is 206 g/mol. The van der Waals surface area contributed by atoms with E-state index < -0.39 is 0 Å². The summed E-state index contributed by atoms with van der Waals surface area (Å²) in [6.07, 6.45) is 4.06. The van der Waals surface area contributed by atoms with Crippen LogP contribution in [0.3, 0.4) is 0 Å². The van der Waals surface area contributed by atoms with Crippen LogP contribution in [0.4, 0.5) is 0 Å². The number of benzene rings is 1. The van der Waals surface area contributed by atoms with Gasteiger partial charge >= 0.3 is 0 Å². The van der Waals surface area contributed by atoms with E-state index in [-0.39, 0.29) is 0 Å². The predicted molar refractivity (Wildman–Crippen MR) is 65.4 cm³/mol. The summed E-state index contributed by atoms with van der Waals surface area (Å²) in [5, 5.41) is 0. The van der Waals surface area contributed by atoms with Crippen LogP contribution in [0.15, 0.2) is 24.3 Å². The van der Waals surface area contributed by atoms with Gasteiger partial charge in [0.15, 0.2) is 0 Å². The van der Waals surface area contributed by atoms with E-state index in [1.807, 2.05) is 26.0 Å². The van der Waals surface area contributed by atoms with Crippen molar-refractivity contribution in [2.75, 3.05) is 6.61 Å². The van der Waals surface area contributed by atoms with Crippen LogP contribution in [0.5, 0.6) is 5.75 Å². The Morgan fingerprint density at radius 1 is 1.13 bits per heavy atom. The highest BCUT2D eigenvalue weighted by Crippen LogP contribution is 2.32. The Balaban J connectivity index is 0.000000531. The van der Waals surface area contributed by atoms with Crippen LogP contribution < -0.4 is 4.74 Å². The van der Waals surface area contributed by atoms with E-state index >= 15 is 0 Å². The molecule has 1 nitrogen and oxygen atoms in total. The second kappa shape index (κ2) is 6.49. The van der Waals surface area contributed by atoms with Crippen molar-refractivity contribution in [3.63, 3.8) is 0 Å². The van der Waals surface area contributed by atoms with Crippen molar-refractivity contribution in [1.82, 2.24) is 0 Å². The van der Waals surface area contributed by atoms with Crippen molar-refractivity contribution in [2.45, 2.75) is 40.0 Å². The van der Waals surface area contributed by atoms with E-state index in [1.165, 1.54) is 24.8 Å². The first-order valence-electron chi connectivity index (χ1n) is 6.04. The molecule has 15 heavy (non-hydrogen) atoms. The third-order valence-electron chi connectivity index (χ3n) is 2.51.